The number of aryl methyl sites for hydroxylation is 2. The van der Waals surface area contributed by atoms with Crippen LogP contribution in [0.5, 0.6) is 5.75 Å². The van der Waals surface area contributed by atoms with Crippen molar-refractivity contribution in [3.63, 3.8) is 0 Å². The average molecular weight is 223 g/mol. The fourth-order valence-corrected chi connectivity index (χ4v) is 1.84. The second-order valence-corrected chi connectivity index (χ2v) is 3.91. The van der Waals surface area contributed by atoms with Gasteiger partial charge in [0.25, 0.3) is 0 Å². The van der Waals surface area contributed by atoms with Gasteiger partial charge in [-0.25, -0.2) is 0 Å². The number of aliphatic carboxylic acids is 1. The molecule has 0 aliphatic carbocycles. The molecule has 1 aromatic carbocycles. The number of rotatable bonds is 4. The highest BCUT2D eigenvalue weighted by Crippen LogP contribution is 2.30. The van der Waals surface area contributed by atoms with Crippen molar-refractivity contribution in [1.29, 1.82) is 0 Å². The summed E-state index contributed by atoms with van der Waals surface area (Å²) in [5, 5.41) is 8.73. The van der Waals surface area contributed by atoms with Crippen molar-refractivity contribution in [3.05, 3.63) is 28.8 Å². The number of hydrogen-bond acceptors (Lipinski definition) is 3. The highest BCUT2D eigenvalue weighted by Gasteiger charge is 2.17. The second kappa shape index (κ2) is 4.99. The fraction of sp³-hybridized carbons (Fsp3) is 0.417. The predicted molar refractivity (Wildman–Crippen MR) is 61.6 cm³/mol. The Balaban J connectivity index is 3.15. The number of carboxylic acid groups (broad SMARTS) is 1. The van der Waals surface area contributed by atoms with Gasteiger partial charge in [0.2, 0.25) is 0 Å². The van der Waals surface area contributed by atoms with Crippen LogP contribution in [-0.4, -0.2) is 18.2 Å². The Morgan fingerprint density at radius 3 is 2.62 bits per heavy atom. The van der Waals surface area contributed by atoms with E-state index in [0.717, 1.165) is 16.7 Å². The molecule has 3 N–H and O–H groups in total. The third-order valence-electron chi connectivity index (χ3n) is 2.45. The van der Waals surface area contributed by atoms with Gasteiger partial charge in [0.1, 0.15) is 5.75 Å². The van der Waals surface area contributed by atoms with Crippen molar-refractivity contribution in [3.8, 4) is 5.75 Å². The molecule has 0 fully saturated rings. The van der Waals surface area contributed by atoms with Gasteiger partial charge >= 0.3 is 5.97 Å². The third kappa shape index (κ3) is 2.73. The minimum Gasteiger partial charge on any atom is -0.496 e. The summed E-state index contributed by atoms with van der Waals surface area (Å²) in [6.07, 6.45) is -0.0980. The Morgan fingerprint density at radius 1 is 1.50 bits per heavy atom. The Hall–Kier alpha value is -1.55. The van der Waals surface area contributed by atoms with Crippen molar-refractivity contribution in [2.24, 2.45) is 5.73 Å². The van der Waals surface area contributed by atoms with E-state index in [2.05, 4.69) is 0 Å². The molecule has 0 aromatic heterocycles. The van der Waals surface area contributed by atoms with Gasteiger partial charge in [0, 0.05) is 11.6 Å². The molecular formula is C12H17NO3. The standard InChI is InChI=1S/C12H17NO3/c1-7-4-8(2)12(16-3)9(5-7)10(13)6-11(14)15/h4-5,10H,6,13H2,1-3H3,(H,14,15). The molecule has 1 atom stereocenters. The topological polar surface area (TPSA) is 72.5 Å². The van der Waals surface area contributed by atoms with Gasteiger partial charge in [-0.05, 0) is 19.4 Å². The number of carbonyl (C=O) groups is 1. The van der Waals surface area contributed by atoms with Gasteiger partial charge in [0.05, 0.1) is 13.5 Å². The summed E-state index contributed by atoms with van der Waals surface area (Å²) in [6.45, 7) is 3.87. The van der Waals surface area contributed by atoms with E-state index in [0.29, 0.717) is 5.75 Å². The van der Waals surface area contributed by atoms with E-state index in [-0.39, 0.29) is 6.42 Å². The minimum atomic E-state index is -0.909. The molecule has 1 unspecified atom stereocenters. The van der Waals surface area contributed by atoms with Crippen LogP contribution in [0, 0.1) is 13.8 Å². The molecule has 0 aliphatic rings. The highest BCUT2D eigenvalue weighted by atomic mass is 16.5. The molecule has 0 spiro atoms. The monoisotopic (exact) mass is 223 g/mol. The van der Waals surface area contributed by atoms with Crippen LogP contribution < -0.4 is 10.5 Å². The molecule has 1 aromatic rings. The average Bonchev–Trinajstić information content (AvgIpc) is 2.15. The van der Waals surface area contributed by atoms with E-state index in [1.807, 2.05) is 26.0 Å². The molecule has 16 heavy (non-hydrogen) atoms. The van der Waals surface area contributed by atoms with Crippen LogP contribution in [0.1, 0.15) is 29.2 Å². The molecular weight excluding hydrogens is 206 g/mol. The van der Waals surface area contributed by atoms with Crippen LogP contribution in [0.15, 0.2) is 12.1 Å². The van der Waals surface area contributed by atoms with Crippen LogP contribution >= 0.6 is 0 Å². The Morgan fingerprint density at radius 2 is 2.12 bits per heavy atom. The quantitative estimate of drug-likeness (QED) is 0.816. The zero-order chi connectivity index (χ0) is 12.3. The lowest BCUT2D eigenvalue weighted by atomic mass is 9.98. The maximum absolute atomic E-state index is 10.6. The first-order chi connectivity index (χ1) is 7.45. The van der Waals surface area contributed by atoms with E-state index in [1.54, 1.807) is 7.11 Å². The summed E-state index contributed by atoms with van der Waals surface area (Å²) in [5.41, 5.74) is 8.62. The molecule has 0 aliphatic heterocycles. The summed E-state index contributed by atoms with van der Waals surface area (Å²) in [4.78, 5) is 10.6. The molecule has 0 radical (unpaired) electrons. The maximum atomic E-state index is 10.6. The molecule has 4 nitrogen and oxygen atoms in total. The van der Waals surface area contributed by atoms with E-state index >= 15 is 0 Å². The van der Waals surface area contributed by atoms with Crippen LogP contribution in [0.3, 0.4) is 0 Å². The van der Waals surface area contributed by atoms with Gasteiger partial charge < -0.3 is 15.6 Å². The lowest BCUT2D eigenvalue weighted by Crippen LogP contribution is -2.16. The Kier molecular flexibility index (Phi) is 3.90. The number of ether oxygens (including phenoxy) is 1. The first-order valence-corrected chi connectivity index (χ1v) is 5.08. The van der Waals surface area contributed by atoms with Gasteiger partial charge in [-0.3, -0.25) is 4.79 Å². The van der Waals surface area contributed by atoms with Crippen molar-refractivity contribution in [1.82, 2.24) is 0 Å². The number of benzene rings is 1. The zero-order valence-electron chi connectivity index (χ0n) is 9.78. The largest absolute Gasteiger partial charge is 0.496 e. The summed E-state index contributed by atoms with van der Waals surface area (Å²) >= 11 is 0. The normalized spacial score (nSPS) is 12.2. The number of hydrogen-bond donors (Lipinski definition) is 2. The molecule has 0 heterocycles. The second-order valence-electron chi connectivity index (χ2n) is 3.91. The summed E-state index contributed by atoms with van der Waals surface area (Å²) in [6, 6.07) is 3.32. The van der Waals surface area contributed by atoms with Gasteiger partial charge in [0.15, 0.2) is 0 Å². The zero-order valence-corrected chi connectivity index (χ0v) is 9.78. The first-order valence-electron chi connectivity index (χ1n) is 5.08. The van der Waals surface area contributed by atoms with Crippen LogP contribution in [-0.2, 0) is 4.79 Å². The van der Waals surface area contributed by atoms with Crippen LogP contribution in [0.2, 0.25) is 0 Å². The first kappa shape index (κ1) is 12.5. The molecule has 88 valence electrons. The van der Waals surface area contributed by atoms with Crippen LogP contribution in [0.25, 0.3) is 0 Å². The molecule has 4 heteroatoms. The maximum Gasteiger partial charge on any atom is 0.305 e. The summed E-state index contributed by atoms with van der Waals surface area (Å²) in [7, 11) is 1.56. The van der Waals surface area contributed by atoms with Crippen molar-refractivity contribution in [2.45, 2.75) is 26.3 Å². The predicted octanol–water partition coefficient (Wildman–Crippen LogP) is 1.79. The molecule has 0 saturated heterocycles. The molecule has 1 rings (SSSR count). The minimum absolute atomic E-state index is 0.0980. The van der Waals surface area contributed by atoms with Crippen molar-refractivity contribution in [2.75, 3.05) is 7.11 Å². The van der Waals surface area contributed by atoms with E-state index < -0.39 is 12.0 Å². The summed E-state index contributed by atoms with van der Waals surface area (Å²) in [5.74, 6) is -0.229. The van der Waals surface area contributed by atoms with Gasteiger partial charge in [-0.1, -0.05) is 17.7 Å². The lowest BCUT2D eigenvalue weighted by molar-refractivity contribution is -0.137. The van der Waals surface area contributed by atoms with Crippen molar-refractivity contribution >= 4 is 5.97 Å². The smallest absolute Gasteiger partial charge is 0.305 e. The summed E-state index contributed by atoms with van der Waals surface area (Å²) < 4.78 is 5.26. The highest BCUT2D eigenvalue weighted by molar-refractivity contribution is 5.68. The number of carboxylic acids is 1. The van der Waals surface area contributed by atoms with E-state index in [9.17, 15) is 4.79 Å². The fourth-order valence-electron chi connectivity index (χ4n) is 1.84. The van der Waals surface area contributed by atoms with Gasteiger partial charge in [-0.15, -0.1) is 0 Å². The van der Waals surface area contributed by atoms with E-state index in [1.165, 1.54) is 0 Å². The third-order valence-corrected chi connectivity index (χ3v) is 2.45. The SMILES string of the molecule is COc1c(C)cc(C)cc1C(N)CC(=O)O. The number of methoxy groups -OCH3 is 1. The van der Waals surface area contributed by atoms with Crippen LogP contribution in [0.4, 0.5) is 0 Å². The van der Waals surface area contributed by atoms with Crippen molar-refractivity contribution < 1.29 is 14.6 Å². The van der Waals surface area contributed by atoms with Gasteiger partial charge in [-0.2, -0.15) is 0 Å². The lowest BCUT2D eigenvalue weighted by Gasteiger charge is -2.17. The Bertz CT molecular complexity index is 401. The molecule has 0 amide bonds. The molecule has 0 bridgehead atoms. The van der Waals surface area contributed by atoms with E-state index in [4.69, 9.17) is 15.6 Å². The Labute approximate surface area is 95.0 Å². The molecule has 0 saturated carbocycles. The number of nitrogens with two attached hydrogens (primary N) is 1.